The summed E-state index contributed by atoms with van der Waals surface area (Å²) in [5.41, 5.74) is -1.17. The van der Waals surface area contributed by atoms with Crippen molar-refractivity contribution in [3.05, 3.63) is 5.32 Å². The van der Waals surface area contributed by atoms with Crippen LogP contribution in [0.2, 0.25) is 0 Å². The molecule has 1 unspecified atom stereocenters. The van der Waals surface area contributed by atoms with Crippen LogP contribution in [0.1, 0.15) is 20.3 Å². The summed E-state index contributed by atoms with van der Waals surface area (Å²) in [7, 11) is 0. The summed E-state index contributed by atoms with van der Waals surface area (Å²) in [5.74, 6) is -0.581. The molecule has 0 saturated carbocycles. The van der Waals surface area contributed by atoms with Crippen molar-refractivity contribution < 1.29 is 43.9 Å². The first-order chi connectivity index (χ1) is 7.42. The fourth-order valence-corrected chi connectivity index (χ4v) is 2.72. The van der Waals surface area contributed by atoms with Gasteiger partial charge in [0.1, 0.15) is 0 Å². The number of hydrogen-bond acceptors (Lipinski definition) is 4. The van der Waals surface area contributed by atoms with E-state index in [-0.39, 0.29) is 35.5 Å². The van der Waals surface area contributed by atoms with Gasteiger partial charge in [0, 0.05) is 5.75 Å². The number of amides is 4. The van der Waals surface area contributed by atoms with Crippen molar-refractivity contribution in [2.75, 3.05) is 12.0 Å². The van der Waals surface area contributed by atoms with Gasteiger partial charge in [-0.1, -0.05) is 13.8 Å². The van der Waals surface area contributed by atoms with E-state index in [1.165, 1.54) is 11.8 Å². The number of rotatable bonds is 4. The molecule has 0 aromatic heterocycles. The maximum atomic E-state index is 11.8. The SMILES string of the molecule is CSCC1(CC(C)C)C(=O)[N-]C(=O)NC1=O.[Na+]. The van der Waals surface area contributed by atoms with E-state index in [0.29, 0.717) is 12.2 Å². The van der Waals surface area contributed by atoms with Gasteiger partial charge in [0.25, 0.3) is 0 Å². The zero-order valence-corrected chi connectivity index (χ0v) is 13.4. The van der Waals surface area contributed by atoms with Gasteiger partial charge in [-0.3, -0.25) is 14.4 Å². The first-order valence-corrected chi connectivity index (χ1v) is 6.42. The van der Waals surface area contributed by atoms with Gasteiger partial charge < -0.3 is 10.6 Å². The zero-order valence-electron chi connectivity index (χ0n) is 10.6. The predicted molar refractivity (Wildman–Crippen MR) is 62.2 cm³/mol. The first kappa shape index (κ1) is 17.0. The molecule has 0 bridgehead atoms. The molecule has 1 saturated heterocycles. The molecule has 1 aliphatic heterocycles. The van der Waals surface area contributed by atoms with Gasteiger partial charge in [-0.05, 0) is 18.6 Å². The summed E-state index contributed by atoms with van der Waals surface area (Å²) in [5, 5.41) is 5.45. The molecule has 0 aromatic carbocycles. The summed E-state index contributed by atoms with van der Waals surface area (Å²) >= 11 is 1.40. The Kier molecular flexibility index (Phi) is 6.76. The minimum atomic E-state index is -1.17. The Morgan fingerprint density at radius 2 is 1.94 bits per heavy atom. The van der Waals surface area contributed by atoms with Gasteiger partial charge in [0.15, 0.2) is 17.8 Å². The fourth-order valence-electron chi connectivity index (χ4n) is 1.85. The number of carbonyl (C=O) groups excluding carboxylic acids is 3. The molecule has 1 heterocycles. The Labute approximate surface area is 127 Å². The average molecular weight is 266 g/mol. The van der Waals surface area contributed by atoms with Gasteiger partial charge in [-0.15, -0.1) is 0 Å². The van der Waals surface area contributed by atoms with Crippen LogP contribution in [0.15, 0.2) is 0 Å². The van der Waals surface area contributed by atoms with Gasteiger partial charge in [0.2, 0.25) is 0 Å². The molecule has 0 aliphatic carbocycles. The molecule has 1 N–H and O–H groups in total. The molecule has 1 rings (SSSR count). The van der Waals surface area contributed by atoms with Gasteiger partial charge >= 0.3 is 29.6 Å². The first-order valence-electron chi connectivity index (χ1n) is 5.03. The van der Waals surface area contributed by atoms with Crippen LogP contribution in [0.25, 0.3) is 5.32 Å². The smallest absolute Gasteiger partial charge is 0.394 e. The standard InChI is InChI=1S/C10H16N2O3S.Na/c1-6(2)4-10(5-16-3)7(13)11-9(15)12-8(10)14;/h6H,4-5H2,1-3H3,(H2,11,12,13,14,15);/q;+1/p-1. The topological polar surface area (TPSA) is 77.3 Å². The number of urea groups is 1. The molecule has 1 aliphatic rings. The van der Waals surface area contributed by atoms with E-state index in [1.54, 1.807) is 0 Å². The van der Waals surface area contributed by atoms with Crippen molar-refractivity contribution in [3.63, 3.8) is 0 Å². The maximum Gasteiger partial charge on any atom is 1.00 e. The third-order valence-corrected chi connectivity index (χ3v) is 3.20. The van der Waals surface area contributed by atoms with E-state index in [4.69, 9.17) is 0 Å². The van der Waals surface area contributed by atoms with Crippen molar-refractivity contribution in [3.8, 4) is 0 Å². The number of carbonyl (C=O) groups is 3. The minimum absolute atomic E-state index is 0. The second-order valence-corrected chi connectivity index (χ2v) is 5.16. The Morgan fingerprint density at radius 3 is 2.35 bits per heavy atom. The third-order valence-electron chi connectivity index (χ3n) is 2.42. The van der Waals surface area contributed by atoms with E-state index in [0.717, 1.165) is 0 Å². The third kappa shape index (κ3) is 3.71. The Balaban J connectivity index is 0.00000256. The average Bonchev–Trinajstić information content (AvgIpc) is 2.13. The van der Waals surface area contributed by atoms with Gasteiger partial charge in [0.05, 0.1) is 5.41 Å². The Morgan fingerprint density at radius 1 is 1.35 bits per heavy atom. The van der Waals surface area contributed by atoms with Crippen molar-refractivity contribution in [1.82, 2.24) is 5.32 Å². The summed E-state index contributed by atoms with van der Waals surface area (Å²) in [6, 6.07) is -0.851. The number of thioether (sulfide) groups is 1. The Hall–Kier alpha value is -0.0400. The van der Waals surface area contributed by atoms with Crippen LogP contribution in [0.5, 0.6) is 0 Å². The normalized spacial score (nSPS) is 24.1. The number of nitrogens with zero attached hydrogens (tertiary/aromatic N) is 1. The predicted octanol–water partition coefficient (Wildman–Crippen LogP) is -1.46. The summed E-state index contributed by atoms with van der Waals surface area (Å²) in [4.78, 5) is 34.6. The molecule has 1 fully saturated rings. The summed E-state index contributed by atoms with van der Waals surface area (Å²) in [6.07, 6.45) is 2.23. The van der Waals surface area contributed by atoms with Crippen LogP contribution >= 0.6 is 11.8 Å². The monoisotopic (exact) mass is 266 g/mol. The van der Waals surface area contributed by atoms with Crippen LogP contribution in [-0.2, 0) is 9.59 Å². The molecule has 7 heteroatoms. The molecule has 90 valence electrons. The van der Waals surface area contributed by atoms with E-state index < -0.39 is 23.3 Å². The maximum absolute atomic E-state index is 11.8. The largest absolute Gasteiger partial charge is 1.00 e. The molecule has 17 heavy (non-hydrogen) atoms. The van der Waals surface area contributed by atoms with E-state index in [2.05, 4.69) is 10.6 Å². The second-order valence-electron chi connectivity index (χ2n) is 4.29. The minimum Gasteiger partial charge on any atom is -0.394 e. The van der Waals surface area contributed by atoms with E-state index >= 15 is 0 Å². The molecule has 0 spiro atoms. The number of barbiturate groups is 1. The quantitative estimate of drug-likeness (QED) is 0.498. The molecular formula is C10H15N2NaO3S. The van der Waals surface area contributed by atoms with Crippen molar-refractivity contribution in [1.29, 1.82) is 0 Å². The summed E-state index contributed by atoms with van der Waals surface area (Å²) < 4.78 is 0. The van der Waals surface area contributed by atoms with Gasteiger partial charge in [-0.25, -0.2) is 0 Å². The van der Waals surface area contributed by atoms with Crippen LogP contribution in [0.3, 0.4) is 0 Å². The molecule has 1 atom stereocenters. The second kappa shape index (κ2) is 6.78. The molecule has 0 aromatic rings. The fraction of sp³-hybridized carbons (Fsp3) is 0.700. The molecule has 4 amide bonds. The number of imide groups is 2. The van der Waals surface area contributed by atoms with Gasteiger partial charge in [-0.2, -0.15) is 11.8 Å². The van der Waals surface area contributed by atoms with Crippen molar-refractivity contribution in [2.45, 2.75) is 20.3 Å². The van der Waals surface area contributed by atoms with Crippen molar-refractivity contribution in [2.24, 2.45) is 11.3 Å². The van der Waals surface area contributed by atoms with Crippen molar-refractivity contribution >= 4 is 29.6 Å². The Bertz CT molecular complexity index is 314. The molecule has 0 radical (unpaired) electrons. The van der Waals surface area contributed by atoms with Crippen LogP contribution in [0.4, 0.5) is 4.79 Å². The molecular weight excluding hydrogens is 251 g/mol. The van der Waals surface area contributed by atoms with E-state index in [1.807, 2.05) is 20.1 Å². The molecule has 5 nitrogen and oxygen atoms in total. The van der Waals surface area contributed by atoms with E-state index in [9.17, 15) is 14.4 Å². The zero-order chi connectivity index (χ0) is 12.3. The van der Waals surface area contributed by atoms with Crippen LogP contribution < -0.4 is 34.9 Å². The summed E-state index contributed by atoms with van der Waals surface area (Å²) in [6.45, 7) is 3.86. The van der Waals surface area contributed by atoms with Crippen LogP contribution in [-0.4, -0.2) is 29.9 Å². The number of hydrogen-bond donors (Lipinski definition) is 1. The number of nitrogens with one attached hydrogen (secondary N) is 1. The van der Waals surface area contributed by atoms with Crippen LogP contribution in [0, 0.1) is 11.3 Å².